The van der Waals surface area contributed by atoms with E-state index < -0.39 is 8.07 Å². The van der Waals surface area contributed by atoms with Gasteiger partial charge in [-0.05, 0) is 169 Å². The van der Waals surface area contributed by atoms with Crippen LogP contribution in [0.3, 0.4) is 0 Å². The first-order valence-corrected chi connectivity index (χ1v) is 30.5. The first-order chi connectivity index (χ1) is 33.8. The van der Waals surface area contributed by atoms with Crippen molar-refractivity contribution in [2.24, 2.45) is 10.8 Å². The number of rotatable bonds is 8. The number of aromatic nitrogens is 2. The standard InChI is InChI=1S/C65H71N3OSi/c1-10-61(11-2,12-3)40-26-45-42-30-51-48(60(69)65-23-15-19-63(51,65)20-16-24-65)33-54(42)67-52-32-44-47-28-41(70(36(4)5,37(6)7)38(8)9)29-49-56-50-34-62-17-13-21-64(62,22-14-18-62)57(50)39(35-66)25-55(56)68(59(47)49)53(44)31-43(52)46(27-40)58(45)67/h25-33,36-38H,10-24,34H2,1-9H3. The molecule has 0 N–H and O–H groups in total. The molecule has 6 aliphatic carbocycles. The number of hydrogen-bond acceptors (Lipinski definition) is 2. The number of nitriles is 1. The zero-order valence-electron chi connectivity index (χ0n) is 43.5. The molecule has 70 heavy (non-hydrogen) atoms. The Hall–Kier alpha value is -4.92. The van der Waals surface area contributed by atoms with Crippen LogP contribution < -0.4 is 5.19 Å². The van der Waals surface area contributed by atoms with Crippen LogP contribution in [0, 0.1) is 22.2 Å². The number of hydrogen-bond donors (Lipinski definition) is 0. The number of nitrogens with zero attached hydrogens (tertiary/aromatic N) is 3. The highest BCUT2D eigenvalue weighted by atomic mass is 28.3. The molecule has 0 radical (unpaired) electrons. The van der Waals surface area contributed by atoms with Gasteiger partial charge in [-0.1, -0.05) is 105 Å². The van der Waals surface area contributed by atoms with Gasteiger partial charge < -0.3 is 8.80 Å². The third-order valence-corrected chi connectivity index (χ3v) is 30.6. The van der Waals surface area contributed by atoms with Crippen LogP contribution in [0.25, 0.3) is 76.2 Å². The van der Waals surface area contributed by atoms with E-state index in [1.807, 2.05) is 0 Å². The predicted molar refractivity (Wildman–Crippen MR) is 295 cm³/mol. The molecule has 4 saturated carbocycles. The summed E-state index contributed by atoms with van der Waals surface area (Å²) in [6.07, 6.45) is 18.9. The summed E-state index contributed by atoms with van der Waals surface area (Å²) in [4.78, 5) is 15.0. The Morgan fingerprint density at radius 2 is 1.09 bits per heavy atom. The summed E-state index contributed by atoms with van der Waals surface area (Å²) in [6, 6.07) is 26.0. The van der Waals surface area contributed by atoms with Crippen LogP contribution in [0.15, 0.2) is 54.6 Å². The average molecular weight is 938 g/mol. The second-order valence-corrected chi connectivity index (χ2v) is 31.7. The second-order valence-electron chi connectivity index (χ2n) is 25.8. The maximum absolute atomic E-state index is 15.0. The Balaban J connectivity index is 1.12. The predicted octanol–water partition coefficient (Wildman–Crippen LogP) is 17.1. The third kappa shape index (κ3) is 4.32. The molecular formula is C65H71N3OSi. The molecule has 0 amide bonds. The van der Waals surface area contributed by atoms with Gasteiger partial charge in [0.1, 0.15) is 0 Å². The highest BCUT2D eigenvalue weighted by molar-refractivity contribution is 6.95. The lowest BCUT2D eigenvalue weighted by Gasteiger charge is -2.43. The molecule has 4 nitrogen and oxygen atoms in total. The molecule has 6 aliphatic rings. The van der Waals surface area contributed by atoms with Crippen molar-refractivity contribution in [3.8, 4) is 6.07 Å². The molecule has 4 aromatic heterocycles. The summed E-state index contributed by atoms with van der Waals surface area (Å²) in [5, 5.41) is 23.8. The molecule has 0 atom stereocenters. The molecule has 0 aliphatic heterocycles. The SMILES string of the molecule is CCC(CC)(CC)c1cc2c3cc4c(cc3n3c5cc6c7cc([Si](C(C)C)(C(C)C)C(C)C)cc8c9c%10c(c(C#N)cc9n(c6cc5c(c1)c23)c78)C12CCCC1(CCC2)C%10)C(=O)C12CCCC41CCC2. The van der Waals surface area contributed by atoms with Crippen molar-refractivity contribution >= 4 is 95.2 Å². The van der Waals surface area contributed by atoms with E-state index in [9.17, 15) is 5.26 Å². The van der Waals surface area contributed by atoms with Gasteiger partial charge in [-0.3, -0.25) is 4.79 Å². The molecular weight excluding hydrogens is 867 g/mol. The van der Waals surface area contributed by atoms with E-state index in [2.05, 4.69) is 132 Å². The number of carbonyl (C=O) groups is 1. The van der Waals surface area contributed by atoms with E-state index in [1.54, 1.807) is 5.19 Å². The van der Waals surface area contributed by atoms with Gasteiger partial charge in [0.25, 0.3) is 0 Å². The fourth-order valence-electron chi connectivity index (χ4n) is 20.9. The van der Waals surface area contributed by atoms with Gasteiger partial charge in [0, 0.05) is 64.9 Å². The quantitative estimate of drug-likeness (QED) is 0.143. The van der Waals surface area contributed by atoms with Gasteiger partial charge >= 0.3 is 0 Å². The van der Waals surface area contributed by atoms with E-state index in [0.29, 0.717) is 27.8 Å². The minimum Gasteiger partial charge on any atom is -0.308 e. The van der Waals surface area contributed by atoms with Crippen molar-refractivity contribution < 1.29 is 4.79 Å². The zero-order chi connectivity index (χ0) is 48.0. The Bertz CT molecular complexity index is 3830. The van der Waals surface area contributed by atoms with Crippen molar-refractivity contribution in [3.63, 3.8) is 0 Å². The molecule has 9 aromatic rings. The van der Waals surface area contributed by atoms with Gasteiger partial charge in [-0.2, -0.15) is 5.26 Å². The summed E-state index contributed by atoms with van der Waals surface area (Å²) < 4.78 is 5.25. The lowest BCUT2D eigenvalue weighted by Crippen LogP contribution is -2.55. The van der Waals surface area contributed by atoms with Crippen LogP contribution in [0.1, 0.15) is 197 Å². The fourth-order valence-corrected chi connectivity index (χ4v) is 27.7. The van der Waals surface area contributed by atoms with Crippen LogP contribution in [0.2, 0.25) is 16.6 Å². The molecule has 0 spiro atoms. The second kappa shape index (κ2) is 13.4. The largest absolute Gasteiger partial charge is 0.308 e. The molecule has 15 rings (SSSR count). The van der Waals surface area contributed by atoms with Gasteiger partial charge in [-0.15, -0.1) is 0 Å². The van der Waals surface area contributed by atoms with Crippen molar-refractivity contribution in [2.45, 2.75) is 198 Å². The third-order valence-electron chi connectivity index (χ3n) is 23.6. The Morgan fingerprint density at radius 1 is 0.586 bits per heavy atom. The maximum Gasteiger partial charge on any atom is 0.170 e. The van der Waals surface area contributed by atoms with Gasteiger partial charge in [0.2, 0.25) is 0 Å². The number of carbonyl (C=O) groups excluding carboxylic acids is 1. The first kappa shape index (κ1) is 42.7. The topological polar surface area (TPSA) is 49.7 Å². The van der Waals surface area contributed by atoms with Gasteiger partial charge in [0.15, 0.2) is 5.78 Å². The normalized spacial score (nSPS) is 26.4. The van der Waals surface area contributed by atoms with Gasteiger partial charge in [-0.25, -0.2) is 0 Å². The fraction of sp³-hybridized carbons (Fsp3) is 0.508. The first-order valence-electron chi connectivity index (χ1n) is 28.3. The molecule has 4 heterocycles. The molecule has 0 saturated heterocycles. The van der Waals surface area contributed by atoms with E-state index in [-0.39, 0.29) is 21.7 Å². The molecule has 5 heteroatoms. The van der Waals surface area contributed by atoms with Crippen molar-refractivity contribution in [3.05, 3.63) is 88.0 Å². The minimum absolute atomic E-state index is 0.0148. The minimum atomic E-state index is -2.13. The summed E-state index contributed by atoms with van der Waals surface area (Å²) >= 11 is 0. The van der Waals surface area contributed by atoms with Crippen LogP contribution >= 0.6 is 0 Å². The van der Waals surface area contributed by atoms with Crippen LogP contribution in [0.4, 0.5) is 0 Å². The molecule has 5 aromatic carbocycles. The highest BCUT2D eigenvalue weighted by Crippen LogP contribution is 2.72. The number of ketones is 1. The summed E-state index contributed by atoms with van der Waals surface area (Å²) in [7, 11) is -2.13. The van der Waals surface area contributed by atoms with Crippen LogP contribution in [0.5, 0.6) is 0 Å². The van der Waals surface area contributed by atoms with Crippen LogP contribution in [-0.4, -0.2) is 22.7 Å². The summed E-state index contributed by atoms with van der Waals surface area (Å²) in [5.74, 6) is 0.445. The molecule has 0 bridgehead atoms. The van der Waals surface area contributed by atoms with Crippen molar-refractivity contribution in [2.75, 3.05) is 0 Å². The smallest absolute Gasteiger partial charge is 0.170 e. The van der Waals surface area contributed by atoms with E-state index in [1.165, 1.54) is 150 Å². The molecule has 356 valence electrons. The van der Waals surface area contributed by atoms with Gasteiger partial charge in [0.05, 0.1) is 52.8 Å². The average Bonchev–Trinajstić information content (AvgIpc) is 4.22. The van der Waals surface area contributed by atoms with E-state index in [0.717, 1.165) is 62.5 Å². The lowest BCUT2D eigenvalue weighted by molar-refractivity contribution is 0.0767. The number of benzene rings is 5. The lowest BCUT2D eigenvalue weighted by atomic mass is 9.68. The molecule has 0 unspecified atom stereocenters. The van der Waals surface area contributed by atoms with Crippen LogP contribution in [-0.2, 0) is 22.7 Å². The van der Waals surface area contributed by atoms with Crippen molar-refractivity contribution in [1.82, 2.24) is 8.80 Å². The molecule has 4 fully saturated rings. The Labute approximate surface area is 414 Å². The maximum atomic E-state index is 15.0. The van der Waals surface area contributed by atoms with Crippen molar-refractivity contribution in [1.29, 1.82) is 5.26 Å². The number of fused-ring (bicyclic) bond motifs is 15. The highest BCUT2D eigenvalue weighted by Gasteiger charge is 2.67. The monoisotopic (exact) mass is 938 g/mol. The Morgan fingerprint density at radius 3 is 1.67 bits per heavy atom. The summed E-state index contributed by atoms with van der Waals surface area (Å²) in [5.41, 5.74) is 17.5. The number of Topliss-reactive ketones (excluding diaryl/α,β-unsaturated/α-hetero) is 1. The Kier molecular flexibility index (Phi) is 8.16. The van der Waals surface area contributed by atoms with E-state index in [4.69, 9.17) is 0 Å². The summed E-state index contributed by atoms with van der Waals surface area (Å²) in [6.45, 7) is 22.3. The van der Waals surface area contributed by atoms with E-state index >= 15 is 4.79 Å². The zero-order valence-corrected chi connectivity index (χ0v) is 44.5.